The van der Waals surface area contributed by atoms with Gasteiger partial charge in [-0.15, -0.1) is 0 Å². The topological polar surface area (TPSA) is 97.6 Å². The smallest absolute Gasteiger partial charge is 0.325 e. The fraction of sp³-hybridized carbons (Fsp3) is 0.474. The molecule has 0 radical (unpaired) electrons. The minimum absolute atomic E-state index is 0.0376. The van der Waals surface area contributed by atoms with E-state index in [0.717, 1.165) is 11.3 Å². The lowest BCUT2D eigenvalue weighted by Gasteiger charge is -2.33. The van der Waals surface area contributed by atoms with Crippen LogP contribution in [0.1, 0.15) is 44.0 Å². The predicted molar refractivity (Wildman–Crippen MR) is 94.8 cm³/mol. The summed E-state index contributed by atoms with van der Waals surface area (Å²) >= 11 is 0. The second-order valence-electron chi connectivity index (χ2n) is 7.36. The van der Waals surface area contributed by atoms with E-state index in [0.29, 0.717) is 42.5 Å². The Labute approximate surface area is 156 Å². The fourth-order valence-corrected chi connectivity index (χ4v) is 3.52. The molecule has 1 N–H and O–H groups in total. The molecule has 1 aromatic heterocycles. The molecule has 142 valence electrons. The van der Waals surface area contributed by atoms with Gasteiger partial charge < -0.3 is 14.6 Å². The summed E-state index contributed by atoms with van der Waals surface area (Å²) in [6.07, 6.45) is 2.03. The molecule has 1 saturated heterocycles. The highest BCUT2D eigenvalue weighted by molar-refractivity contribution is 6.07. The Morgan fingerprint density at radius 2 is 2.11 bits per heavy atom. The van der Waals surface area contributed by atoms with Crippen LogP contribution in [-0.4, -0.2) is 33.6 Å². The summed E-state index contributed by atoms with van der Waals surface area (Å²) in [5.41, 5.74) is -0.410. The zero-order chi connectivity index (χ0) is 19.0. The van der Waals surface area contributed by atoms with Gasteiger partial charge in [0.25, 0.3) is 5.91 Å². The molecule has 1 aromatic carbocycles. The Hall–Kier alpha value is -2.90. The van der Waals surface area contributed by atoms with E-state index in [2.05, 4.69) is 29.3 Å². The number of carbonyl (C=O) groups excluding carboxylic acids is 2. The van der Waals surface area contributed by atoms with Gasteiger partial charge in [0.15, 0.2) is 11.4 Å². The molecule has 4 rings (SSSR count). The number of amides is 3. The molecule has 2 aromatic rings. The summed E-state index contributed by atoms with van der Waals surface area (Å²) in [6.45, 7) is 4.57. The van der Waals surface area contributed by atoms with Crippen molar-refractivity contribution in [3.05, 3.63) is 41.5 Å². The summed E-state index contributed by atoms with van der Waals surface area (Å²) in [7, 11) is 0. The summed E-state index contributed by atoms with van der Waals surface area (Å²) in [5, 5.41) is 6.80. The second-order valence-corrected chi connectivity index (χ2v) is 7.36. The molecule has 8 heteroatoms. The molecular weight excluding hydrogens is 348 g/mol. The van der Waals surface area contributed by atoms with E-state index in [1.54, 1.807) is 6.07 Å². The maximum absolute atomic E-state index is 13.2. The van der Waals surface area contributed by atoms with Crippen molar-refractivity contribution in [1.82, 2.24) is 20.4 Å². The van der Waals surface area contributed by atoms with Crippen LogP contribution >= 0.6 is 0 Å². The molecule has 0 saturated carbocycles. The molecule has 0 aliphatic carbocycles. The zero-order valence-corrected chi connectivity index (χ0v) is 15.4. The van der Waals surface area contributed by atoms with Crippen molar-refractivity contribution in [3.63, 3.8) is 0 Å². The number of rotatable bonds is 5. The summed E-state index contributed by atoms with van der Waals surface area (Å²) in [4.78, 5) is 31.2. The van der Waals surface area contributed by atoms with E-state index in [9.17, 15) is 9.59 Å². The molecule has 1 spiro atoms. The molecule has 8 nitrogen and oxygen atoms in total. The van der Waals surface area contributed by atoms with E-state index < -0.39 is 11.6 Å². The van der Waals surface area contributed by atoms with Crippen molar-refractivity contribution < 1.29 is 18.8 Å². The number of nitrogens with one attached hydrogen (secondary N) is 1. The van der Waals surface area contributed by atoms with E-state index in [1.165, 1.54) is 0 Å². The number of aromatic nitrogens is 2. The normalized spacial score (nSPS) is 21.5. The fourth-order valence-electron chi connectivity index (χ4n) is 3.52. The van der Waals surface area contributed by atoms with Crippen LogP contribution in [0.5, 0.6) is 5.75 Å². The molecule has 3 heterocycles. The highest BCUT2D eigenvalue weighted by atomic mass is 16.5. The second kappa shape index (κ2) is 6.68. The van der Waals surface area contributed by atoms with Crippen LogP contribution in [0.15, 0.2) is 28.8 Å². The van der Waals surface area contributed by atoms with Crippen LogP contribution in [0.4, 0.5) is 4.79 Å². The average Bonchev–Trinajstić information content (AvgIpc) is 3.19. The number of carbonyl (C=O) groups is 2. The first-order chi connectivity index (χ1) is 13.0. The van der Waals surface area contributed by atoms with E-state index in [1.807, 2.05) is 18.2 Å². The first-order valence-electron chi connectivity index (χ1n) is 9.17. The molecule has 2 aliphatic rings. The van der Waals surface area contributed by atoms with Gasteiger partial charge in [-0.25, -0.2) is 4.79 Å². The van der Waals surface area contributed by atoms with Gasteiger partial charge in [0.05, 0.1) is 6.61 Å². The number of hydrogen-bond acceptors (Lipinski definition) is 6. The molecule has 2 aliphatic heterocycles. The lowest BCUT2D eigenvalue weighted by molar-refractivity contribution is -0.133. The van der Waals surface area contributed by atoms with E-state index >= 15 is 0 Å². The van der Waals surface area contributed by atoms with Gasteiger partial charge in [0.2, 0.25) is 5.89 Å². The molecular formula is C19H22N4O4. The van der Waals surface area contributed by atoms with E-state index in [4.69, 9.17) is 9.26 Å². The van der Waals surface area contributed by atoms with Gasteiger partial charge in [-0.1, -0.05) is 37.2 Å². The predicted octanol–water partition coefficient (Wildman–Crippen LogP) is 2.39. The van der Waals surface area contributed by atoms with Crippen LogP contribution < -0.4 is 10.1 Å². The first kappa shape index (κ1) is 17.5. The maximum Gasteiger partial charge on any atom is 0.325 e. The number of ether oxygens (including phenoxy) is 1. The first-order valence-corrected chi connectivity index (χ1v) is 9.17. The van der Waals surface area contributed by atoms with Crippen molar-refractivity contribution in [3.8, 4) is 5.75 Å². The van der Waals surface area contributed by atoms with Crippen molar-refractivity contribution in [1.29, 1.82) is 0 Å². The van der Waals surface area contributed by atoms with Crippen LogP contribution in [0.2, 0.25) is 0 Å². The van der Waals surface area contributed by atoms with Gasteiger partial charge >= 0.3 is 6.03 Å². The third-order valence-electron chi connectivity index (χ3n) is 5.01. The average molecular weight is 370 g/mol. The van der Waals surface area contributed by atoms with Crippen molar-refractivity contribution in [2.45, 2.75) is 45.2 Å². The van der Waals surface area contributed by atoms with Gasteiger partial charge in [-0.3, -0.25) is 9.69 Å². The van der Waals surface area contributed by atoms with Crippen LogP contribution in [-0.2, 0) is 23.3 Å². The standard InChI is InChI=1S/C19H22N4O4/c1-12(2)7-8-15-20-16(27-22-15)11-23-17(24)19(21-18(23)25)9-10-26-14-6-4-3-5-13(14)19/h3-6,12H,7-11H2,1-2H3,(H,21,25). The largest absolute Gasteiger partial charge is 0.493 e. The lowest BCUT2D eigenvalue weighted by Crippen LogP contribution is -2.47. The number of nitrogens with zero attached hydrogens (tertiary/aromatic N) is 3. The Morgan fingerprint density at radius 3 is 2.93 bits per heavy atom. The number of aryl methyl sites for hydroxylation is 1. The number of benzene rings is 1. The van der Waals surface area contributed by atoms with Crippen LogP contribution in [0, 0.1) is 5.92 Å². The Balaban J connectivity index is 1.55. The summed E-state index contributed by atoms with van der Waals surface area (Å²) in [6, 6.07) is 6.83. The number of para-hydroxylation sites is 1. The molecule has 1 atom stereocenters. The SMILES string of the molecule is CC(C)CCc1noc(CN2C(=O)NC3(CCOc4ccccc43)C2=O)n1. The van der Waals surface area contributed by atoms with Gasteiger partial charge in [-0.2, -0.15) is 4.98 Å². The summed E-state index contributed by atoms with van der Waals surface area (Å²) < 4.78 is 10.9. The minimum Gasteiger partial charge on any atom is -0.493 e. The third kappa shape index (κ3) is 3.05. The van der Waals surface area contributed by atoms with Gasteiger partial charge in [-0.05, 0) is 18.4 Å². The maximum atomic E-state index is 13.2. The molecule has 1 fully saturated rings. The number of imide groups is 1. The number of fused-ring (bicyclic) bond motifs is 2. The highest BCUT2D eigenvalue weighted by Gasteiger charge is 2.55. The number of urea groups is 1. The Morgan fingerprint density at radius 1 is 1.30 bits per heavy atom. The zero-order valence-electron chi connectivity index (χ0n) is 15.4. The van der Waals surface area contributed by atoms with Crippen molar-refractivity contribution in [2.75, 3.05) is 6.61 Å². The van der Waals surface area contributed by atoms with Gasteiger partial charge in [0.1, 0.15) is 12.3 Å². The lowest BCUT2D eigenvalue weighted by atomic mass is 9.84. The molecule has 27 heavy (non-hydrogen) atoms. The Kier molecular flexibility index (Phi) is 4.33. The molecule has 0 bridgehead atoms. The monoisotopic (exact) mass is 370 g/mol. The summed E-state index contributed by atoms with van der Waals surface area (Å²) in [5.74, 6) is 1.69. The quantitative estimate of drug-likeness (QED) is 0.812. The third-order valence-corrected chi connectivity index (χ3v) is 5.01. The molecule has 1 unspecified atom stereocenters. The van der Waals surface area contributed by atoms with Gasteiger partial charge in [0, 0.05) is 18.4 Å². The molecule has 3 amide bonds. The highest BCUT2D eigenvalue weighted by Crippen LogP contribution is 2.41. The van der Waals surface area contributed by atoms with E-state index in [-0.39, 0.29) is 18.3 Å². The van der Waals surface area contributed by atoms with Crippen molar-refractivity contribution in [2.24, 2.45) is 5.92 Å². The number of hydrogen-bond donors (Lipinski definition) is 1. The van der Waals surface area contributed by atoms with Crippen LogP contribution in [0.3, 0.4) is 0 Å². The minimum atomic E-state index is -1.09. The Bertz CT molecular complexity index is 878. The van der Waals surface area contributed by atoms with Crippen molar-refractivity contribution >= 4 is 11.9 Å². The van der Waals surface area contributed by atoms with Crippen LogP contribution in [0.25, 0.3) is 0 Å².